The Hall–Kier alpha value is -3.16. The minimum atomic E-state index is -0.791. The van der Waals surface area contributed by atoms with Gasteiger partial charge in [0.05, 0.1) is 19.0 Å². The molecule has 1 aromatic heterocycles. The van der Waals surface area contributed by atoms with Gasteiger partial charge >= 0.3 is 11.8 Å². The van der Waals surface area contributed by atoms with Gasteiger partial charge in [-0.3, -0.25) is 9.59 Å². The first-order valence-corrected chi connectivity index (χ1v) is 7.84. The maximum atomic E-state index is 13.7. The first-order valence-electron chi connectivity index (χ1n) is 7.84. The number of carbonyl (C=O) groups is 2. The summed E-state index contributed by atoms with van der Waals surface area (Å²) in [7, 11) is 6.54. The second-order valence-electron chi connectivity index (χ2n) is 5.88. The summed E-state index contributed by atoms with van der Waals surface area (Å²) in [6.45, 7) is 0.0883. The van der Waals surface area contributed by atoms with E-state index in [9.17, 15) is 14.0 Å². The van der Waals surface area contributed by atoms with Crippen LogP contribution in [-0.2, 0) is 16.1 Å². The van der Waals surface area contributed by atoms with Crippen molar-refractivity contribution in [2.24, 2.45) is 0 Å². The lowest BCUT2D eigenvalue weighted by atomic mass is 10.2. The van der Waals surface area contributed by atoms with Gasteiger partial charge in [0.2, 0.25) is 0 Å². The fourth-order valence-electron chi connectivity index (χ4n) is 2.24. The van der Waals surface area contributed by atoms with E-state index < -0.39 is 17.6 Å². The highest BCUT2D eigenvalue weighted by molar-refractivity contribution is 6.39. The Bertz CT molecular complexity index is 794. The van der Waals surface area contributed by atoms with Crippen molar-refractivity contribution in [3.63, 3.8) is 0 Å². The van der Waals surface area contributed by atoms with Gasteiger partial charge in [0.1, 0.15) is 5.82 Å². The Kier molecular flexibility index (Phi) is 6.11. The molecule has 0 bridgehead atoms. The molecule has 0 saturated heterocycles. The van der Waals surface area contributed by atoms with Gasteiger partial charge in [-0.25, -0.2) is 9.37 Å². The van der Waals surface area contributed by atoms with Gasteiger partial charge in [0, 0.05) is 27.7 Å². The van der Waals surface area contributed by atoms with Crippen molar-refractivity contribution in [1.29, 1.82) is 0 Å². The number of aromatic nitrogens is 1. The molecule has 0 saturated carbocycles. The molecule has 2 aromatic rings. The van der Waals surface area contributed by atoms with Crippen molar-refractivity contribution in [3.05, 3.63) is 47.9 Å². The third-order valence-corrected chi connectivity index (χ3v) is 3.64. The molecule has 2 amide bonds. The van der Waals surface area contributed by atoms with Crippen LogP contribution >= 0.6 is 0 Å². The number of amides is 2. The standard InChI is InChI=1S/C18H21FN4O3/c1-22(2)16-8-6-13(10-20-16)21-17(24)18(25)23(3)11-12-5-7-15(26-4)14(19)9-12/h5-10H,11H2,1-4H3,(H,21,24). The van der Waals surface area contributed by atoms with Crippen LogP contribution in [0.5, 0.6) is 5.75 Å². The molecule has 7 nitrogen and oxygen atoms in total. The largest absolute Gasteiger partial charge is 0.494 e. The van der Waals surface area contributed by atoms with Crippen LogP contribution in [0, 0.1) is 5.82 Å². The lowest BCUT2D eigenvalue weighted by Crippen LogP contribution is -2.36. The van der Waals surface area contributed by atoms with Gasteiger partial charge in [0.15, 0.2) is 11.6 Å². The number of likely N-dealkylation sites (N-methyl/N-ethyl adjacent to an activating group) is 1. The maximum Gasteiger partial charge on any atom is 0.313 e. The number of hydrogen-bond acceptors (Lipinski definition) is 5. The van der Waals surface area contributed by atoms with Crippen LogP contribution in [0.3, 0.4) is 0 Å². The molecule has 0 spiro atoms. The zero-order valence-corrected chi connectivity index (χ0v) is 15.1. The van der Waals surface area contributed by atoms with Crippen LogP contribution in [0.1, 0.15) is 5.56 Å². The summed E-state index contributed by atoms with van der Waals surface area (Å²) < 4.78 is 18.6. The zero-order chi connectivity index (χ0) is 19.3. The van der Waals surface area contributed by atoms with E-state index in [1.54, 1.807) is 18.2 Å². The highest BCUT2D eigenvalue weighted by atomic mass is 19.1. The molecule has 138 valence electrons. The minimum Gasteiger partial charge on any atom is -0.494 e. The number of nitrogens with one attached hydrogen (secondary N) is 1. The SMILES string of the molecule is COc1ccc(CN(C)C(=O)C(=O)Nc2ccc(N(C)C)nc2)cc1F. The fraction of sp³-hybridized carbons (Fsp3) is 0.278. The van der Waals surface area contributed by atoms with Crippen LogP contribution in [0.15, 0.2) is 36.5 Å². The second kappa shape index (κ2) is 8.28. The summed E-state index contributed by atoms with van der Waals surface area (Å²) in [6, 6.07) is 7.76. The molecule has 0 aliphatic carbocycles. The molecule has 1 N–H and O–H groups in total. The van der Waals surface area contributed by atoms with Crippen LogP contribution in [0.2, 0.25) is 0 Å². The quantitative estimate of drug-likeness (QED) is 0.825. The molecular weight excluding hydrogens is 339 g/mol. The number of halogens is 1. The predicted octanol–water partition coefficient (Wildman–Crippen LogP) is 1.89. The van der Waals surface area contributed by atoms with Crippen molar-refractivity contribution < 1.29 is 18.7 Å². The number of nitrogens with zero attached hydrogens (tertiary/aromatic N) is 3. The number of methoxy groups -OCH3 is 1. The molecule has 0 radical (unpaired) electrons. The Balaban J connectivity index is 1.98. The molecule has 0 unspecified atom stereocenters. The van der Waals surface area contributed by atoms with E-state index in [0.29, 0.717) is 11.3 Å². The minimum absolute atomic E-state index is 0.0883. The molecule has 0 aliphatic rings. The number of rotatable bonds is 5. The second-order valence-corrected chi connectivity index (χ2v) is 5.88. The van der Waals surface area contributed by atoms with Gasteiger partial charge in [-0.15, -0.1) is 0 Å². The zero-order valence-electron chi connectivity index (χ0n) is 15.1. The van der Waals surface area contributed by atoms with Crippen LogP contribution in [0.25, 0.3) is 0 Å². The smallest absolute Gasteiger partial charge is 0.313 e. The normalized spacial score (nSPS) is 10.2. The summed E-state index contributed by atoms with van der Waals surface area (Å²) in [5.74, 6) is -1.21. The number of anilines is 2. The lowest BCUT2D eigenvalue weighted by Gasteiger charge is -2.17. The van der Waals surface area contributed by atoms with E-state index in [1.165, 1.54) is 37.4 Å². The summed E-state index contributed by atoms with van der Waals surface area (Å²) in [4.78, 5) is 31.5. The average Bonchev–Trinajstić information content (AvgIpc) is 2.61. The van der Waals surface area contributed by atoms with Crippen LogP contribution in [-0.4, -0.2) is 50.0 Å². The van der Waals surface area contributed by atoms with Crippen molar-refractivity contribution in [2.75, 3.05) is 38.5 Å². The van der Waals surface area contributed by atoms with Crippen molar-refractivity contribution in [2.45, 2.75) is 6.54 Å². The lowest BCUT2D eigenvalue weighted by molar-refractivity contribution is -0.142. The third-order valence-electron chi connectivity index (χ3n) is 3.64. The Morgan fingerprint density at radius 3 is 2.46 bits per heavy atom. The third kappa shape index (κ3) is 4.69. The summed E-state index contributed by atoms with van der Waals surface area (Å²) in [6.07, 6.45) is 1.47. The predicted molar refractivity (Wildman–Crippen MR) is 96.6 cm³/mol. The Morgan fingerprint density at radius 2 is 1.92 bits per heavy atom. The van der Waals surface area contributed by atoms with Crippen molar-refractivity contribution in [1.82, 2.24) is 9.88 Å². The number of ether oxygens (including phenoxy) is 1. The Labute approximate surface area is 151 Å². The van der Waals surface area contributed by atoms with Gasteiger partial charge in [0.25, 0.3) is 0 Å². The molecule has 1 heterocycles. The Morgan fingerprint density at radius 1 is 1.19 bits per heavy atom. The van der Waals surface area contributed by atoms with Crippen LogP contribution in [0.4, 0.5) is 15.9 Å². The molecule has 0 atom stereocenters. The van der Waals surface area contributed by atoms with Gasteiger partial charge in [-0.2, -0.15) is 0 Å². The van der Waals surface area contributed by atoms with Crippen molar-refractivity contribution in [3.8, 4) is 5.75 Å². The monoisotopic (exact) mass is 360 g/mol. The summed E-state index contributed by atoms with van der Waals surface area (Å²) in [5, 5.41) is 2.50. The number of pyridine rings is 1. The molecular formula is C18H21FN4O3. The average molecular weight is 360 g/mol. The first kappa shape index (κ1) is 19.2. The first-order chi connectivity index (χ1) is 12.3. The molecule has 1 aromatic carbocycles. The number of carbonyl (C=O) groups excluding carboxylic acids is 2. The summed E-state index contributed by atoms with van der Waals surface area (Å²) in [5.41, 5.74) is 0.960. The topological polar surface area (TPSA) is 74.8 Å². The maximum absolute atomic E-state index is 13.7. The van der Waals surface area contributed by atoms with Crippen LogP contribution < -0.4 is 15.0 Å². The van der Waals surface area contributed by atoms with E-state index in [4.69, 9.17) is 4.74 Å². The highest BCUT2D eigenvalue weighted by Crippen LogP contribution is 2.18. The van der Waals surface area contributed by atoms with E-state index in [1.807, 2.05) is 19.0 Å². The molecule has 0 fully saturated rings. The van der Waals surface area contributed by atoms with Crippen molar-refractivity contribution >= 4 is 23.3 Å². The van der Waals surface area contributed by atoms with E-state index in [2.05, 4.69) is 10.3 Å². The number of benzene rings is 1. The van der Waals surface area contributed by atoms with E-state index in [-0.39, 0.29) is 12.3 Å². The van der Waals surface area contributed by atoms with E-state index in [0.717, 1.165) is 5.82 Å². The van der Waals surface area contributed by atoms with Gasteiger partial charge in [-0.05, 0) is 29.8 Å². The van der Waals surface area contributed by atoms with E-state index >= 15 is 0 Å². The molecule has 26 heavy (non-hydrogen) atoms. The summed E-state index contributed by atoms with van der Waals surface area (Å²) >= 11 is 0. The fourth-order valence-corrected chi connectivity index (χ4v) is 2.24. The highest BCUT2D eigenvalue weighted by Gasteiger charge is 2.19. The van der Waals surface area contributed by atoms with Gasteiger partial charge in [-0.1, -0.05) is 6.07 Å². The number of hydrogen-bond donors (Lipinski definition) is 1. The molecule has 8 heteroatoms. The molecule has 0 aliphatic heterocycles. The molecule has 2 rings (SSSR count). The van der Waals surface area contributed by atoms with Gasteiger partial charge < -0.3 is 19.9 Å².